The van der Waals surface area contributed by atoms with Crippen molar-refractivity contribution in [3.8, 4) is 0 Å². The largest absolute Gasteiger partial charge is 0.393 e. The highest BCUT2D eigenvalue weighted by Gasteiger charge is 2.60. The molecule has 0 aromatic rings. The van der Waals surface area contributed by atoms with Gasteiger partial charge in [0.05, 0.1) is 6.10 Å². The molecule has 3 fully saturated rings. The van der Waals surface area contributed by atoms with E-state index in [-0.39, 0.29) is 22.9 Å². The molecule has 0 aromatic carbocycles. The van der Waals surface area contributed by atoms with Gasteiger partial charge in [-0.15, -0.1) is 0 Å². The van der Waals surface area contributed by atoms with Crippen molar-refractivity contribution in [1.82, 2.24) is 0 Å². The number of hydrogen-bond donors (Lipinski definition) is 1. The van der Waals surface area contributed by atoms with Crippen LogP contribution in [0.5, 0.6) is 0 Å². The number of aliphatic hydroxyl groups is 1. The maximum Gasteiger partial charge on any atom is 0.159 e. The summed E-state index contributed by atoms with van der Waals surface area (Å²) in [6.07, 6.45) is 16.1. The topological polar surface area (TPSA) is 37.3 Å². The first-order chi connectivity index (χ1) is 12.4. The molecule has 0 saturated heterocycles. The van der Waals surface area contributed by atoms with Crippen LogP contribution in [0.25, 0.3) is 0 Å². The number of hydrogen-bond acceptors (Lipinski definition) is 2. The fraction of sp³-hybridized carbons (Fsp3) is 0.792. The maximum atomic E-state index is 13.3. The molecule has 5 rings (SSSR count). The number of carbonyl (C=O) groups is 1. The van der Waals surface area contributed by atoms with Crippen molar-refractivity contribution in [2.75, 3.05) is 0 Å². The Bertz CT molecular complexity index is 688. The normalized spacial score (nSPS) is 50.6. The van der Waals surface area contributed by atoms with Gasteiger partial charge in [-0.25, -0.2) is 0 Å². The summed E-state index contributed by atoms with van der Waals surface area (Å²) >= 11 is 0. The molecule has 1 N–H and O–H groups in total. The Morgan fingerprint density at radius 3 is 2.69 bits per heavy atom. The van der Waals surface area contributed by atoms with Crippen molar-refractivity contribution >= 4 is 5.78 Å². The number of rotatable bonds is 1. The summed E-state index contributed by atoms with van der Waals surface area (Å²) in [4.78, 5) is 13.3. The molecule has 2 nitrogen and oxygen atoms in total. The van der Waals surface area contributed by atoms with Crippen molar-refractivity contribution in [1.29, 1.82) is 0 Å². The van der Waals surface area contributed by atoms with Crippen LogP contribution in [0.3, 0.4) is 0 Å². The molecular formula is C24H34O2. The average Bonchev–Trinajstić information content (AvgIpc) is 3.24. The molecule has 0 radical (unpaired) electrons. The third-order valence-corrected chi connectivity index (χ3v) is 9.50. The lowest BCUT2D eigenvalue weighted by molar-refractivity contribution is -0.135. The van der Waals surface area contributed by atoms with E-state index in [1.54, 1.807) is 5.57 Å². The SMILES string of the molecule is C[C@]12CC[C@H](C3=CCCC3)CC1=CC(=O)C1C2CC[C@@]2(C)C1CC[C@@H]2O. The zero-order chi connectivity index (χ0) is 18.1. The zero-order valence-corrected chi connectivity index (χ0v) is 16.5. The van der Waals surface area contributed by atoms with Crippen molar-refractivity contribution < 1.29 is 9.90 Å². The van der Waals surface area contributed by atoms with E-state index in [4.69, 9.17) is 0 Å². The third-order valence-electron chi connectivity index (χ3n) is 9.50. The molecule has 0 aliphatic heterocycles. The van der Waals surface area contributed by atoms with Gasteiger partial charge in [0.25, 0.3) is 0 Å². The fourth-order valence-electron chi connectivity index (χ4n) is 7.76. The molecule has 0 aromatic heterocycles. The van der Waals surface area contributed by atoms with Gasteiger partial charge in [0.2, 0.25) is 0 Å². The van der Waals surface area contributed by atoms with Gasteiger partial charge in [-0.1, -0.05) is 31.1 Å². The van der Waals surface area contributed by atoms with Crippen LogP contribution in [0.2, 0.25) is 0 Å². The number of carbonyl (C=O) groups excluding carboxylic acids is 1. The average molecular weight is 355 g/mol. The van der Waals surface area contributed by atoms with E-state index < -0.39 is 0 Å². The summed E-state index contributed by atoms with van der Waals surface area (Å²) in [6.45, 7) is 4.72. The molecule has 3 unspecified atom stereocenters. The Morgan fingerprint density at radius 1 is 1.08 bits per heavy atom. The third kappa shape index (κ3) is 2.23. The first-order valence-corrected chi connectivity index (χ1v) is 11.1. The highest BCUT2D eigenvalue weighted by atomic mass is 16.3. The highest BCUT2D eigenvalue weighted by Crippen LogP contribution is 2.64. The number of aliphatic hydroxyl groups excluding tert-OH is 1. The van der Waals surface area contributed by atoms with Crippen molar-refractivity contribution in [2.24, 2.45) is 34.5 Å². The van der Waals surface area contributed by atoms with Crippen LogP contribution >= 0.6 is 0 Å². The quantitative estimate of drug-likeness (QED) is 0.656. The van der Waals surface area contributed by atoms with E-state index in [1.165, 1.54) is 37.7 Å². The van der Waals surface area contributed by atoms with E-state index in [9.17, 15) is 9.90 Å². The molecule has 0 amide bonds. The first-order valence-electron chi connectivity index (χ1n) is 11.1. The van der Waals surface area contributed by atoms with Crippen LogP contribution in [-0.4, -0.2) is 17.0 Å². The monoisotopic (exact) mass is 354 g/mol. The standard InChI is InChI=1S/C24H34O2/c1-23-11-9-16(15-5-3-4-6-15)13-17(23)14-20(25)22-18-7-8-21(26)24(18,2)12-10-19(22)23/h5,14,16,18-19,21-22,26H,3-4,6-13H2,1-2H3/t16-,18?,19?,21-,22?,23-,24-/m0/s1. The summed E-state index contributed by atoms with van der Waals surface area (Å²) in [5.74, 6) is 2.17. The lowest BCUT2D eigenvalue weighted by atomic mass is 9.47. The number of allylic oxidation sites excluding steroid dienone is 4. The van der Waals surface area contributed by atoms with Gasteiger partial charge in [0, 0.05) is 5.92 Å². The second-order valence-electron chi connectivity index (χ2n) is 10.5. The lowest BCUT2D eigenvalue weighted by Gasteiger charge is -2.57. The molecule has 3 saturated carbocycles. The fourth-order valence-corrected chi connectivity index (χ4v) is 7.76. The van der Waals surface area contributed by atoms with E-state index >= 15 is 0 Å². The zero-order valence-electron chi connectivity index (χ0n) is 16.5. The first kappa shape index (κ1) is 17.2. The number of fused-ring (bicyclic) bond motifs is 5. The van der Waals surface area contributed by atoms with Gasteiger partial charge >= 0.3 is 0 Å². The van der Waals surface area contributed by atoms with Crippen LogP contribution < -0.4 is 0 Å². The van der Waals surface area contributed by atoms with Gasteiger partial charge in [-0.3, -0.25) is 4.79 Å². The summed E-state index contributed by atoms with van der Waals surface area (Å²) in [7, 11) is 0. The van der Waals surface area contributed by atoms with Crippen LogP contribution in [0.15, 0.2) is 23.3 Å². The second-order valence-corrected chi connectivity index (χ2v) is 10.5. The van der Waals surface area contributed by atoms with Crippen LogP contribution in [0.1, 0.15) is 78.1 Å². The van der Waals surface area contributed by atoms with E-state index in [0.717, 1.165) is 32.1 Å². The van der Waals surface area contributed by atoms with Gasteiger partial charge in [0.1, 0.15) is 0 Å². The molecule has 142 valence electrons. The molecule has 0 spiro atoms. The van der Waals surface area contributed by atoms with Crippen molar-refractivity contribution in [2.45, 2.75) is 84.2 Å². The molecule has 0 bridgehead atoms. The summed E-state index contributed by atoms with van der Waals surface area (Å²) in [6, 6.07) is 0. The lowest BCUT2D eigenvalue weighted by Crippen LogP contribution is -2.53. The Labute approximate surface area is 158 Å². The van der Waals surface area contributed by atoms with Gasteiger partial charge in [0.15, 0.2) is 5.78 Å². The minimum Gasteiger partial charge on any atom is -0.393 e. The van der Waals surface area contributed by atoms with Crippen LogP contribution in [0, 0.1) is 34.5 Å². The minimum absolute atomic E-state index is 0.0234. The maximum absolute atomic E-state index is 13.3. The predicted molar refractivity (Wildman–Crippen MR) is 104 cm³/mol. The predicted octanol–water partition coefficient (Wildman–Crippen LogP) is 5.22. The molecular weight excluding hydrogens is 320 g/mol. The summed E-state index contributed by atoms with van der Waals surface area (Å²) < 4.78 is 0. The van der Waals surface area contributed by atoms with Gasteiger partial charge < -0.3 is 5.11 Å². The van der Waals surface area contributed by atoms with Crippen LogP contribution in [0.4, 0.5) is 0 Å². The van der Waals surface area contributed by atoms with E-state index in [2.05, 4.69) is 26.0 Å². The summed E-state index contributed by atoms with van der Waals surface area (Å²) in [5, 5.41) is 10.6. The Balaban J connectivity index is 1.47. The minimum atomic E-state index is -0.204. The van der Waals surface area contributed by atoms with Gasteiger partial charge in [-0.05, 0) is 98.9 Å². The Kier molecular flexibility index (Phi) is 3.84. The Hall–Kier alpha value is -0.890. The summed E-state index contributed by atoms with van der Waals surface area (Å²) in [5.41, 5.74) is 3.35. The molecule has 0 heterocycles. The molecule has 7 atom stereocenters. The Morgan fingerprint density at radius 2 is 1.92 bits per heavy atom. The second kappa shape index (κ2) is 5.80. The van der Waals surface area contributed by atoms with E-state index in [1.807, 2.05) is 0 Å². The molecule has 2 heteroatoms. The highest BCUT2D eigenvalue weighted by molar-refractivity contribution is 5.94. The van der Waals surface area contributed by atoms with E-state index in [0.29, 0.717) is 23.5 Å². The van der Waals surface area contributed by atoms with Crippen LogP contribution in [-0.2, 0) is 4.79 Å². The van der Waals surface area contributed by atoms with Crippen molar-refractivity contribution in [3.63, 3.8) is 0 Å². The molecule has 26 heavy (non-hydrogen) atoms. The molecule has 5 aliphatic carbocycles. The molecule has 5 aliphatic rings. The van der Waals surface area contributed by atoms with Gasteiger partial charge in [-0.2, -0.15) is 0 Å². The number of ketones is 1. The van der Waals surface area contributed by atoms with Crippen molar-refractivity contribution in [3.05, 3.63) is 23.3 Å². The smallest absolute Gasteiger partial charge is 0.159 e.